The number of nitrogens with one attached hydrogen (secondary N) is 2. The normalized spacial score (nSPS) is 29.0. The largest absolute Gasteiger partial charge is 0.380 e. The van der Waals surface area contributed by atoms with Gasteiger partial charge in [-0.25, -0.2) is 0 Å². The second-order valence-corrected chi connectivity index (χ2v) is 4.43. The lowest BCUT2D eigenvalue weighted by atomic mass is 9.83. The average Bonchev–Trinajstić information content (AvgIpc) is 2.50. The first kappa shape index (κ1) is 9.77. The summed E-state index contributed by atoms with van der Waals surface area (Å²) in [6, 6.07) is 0.479. The summed E-state index contributed by atoms with van der Waals surface area (Å²) in [5, 5.41) is 6.66. The van der Waals surface area contributed by atoms with E-state index in [0.29, 0.717) is 11.5 Å². The van der Waals surface area contributed by atoms with E-state index in [0.717, 1.165) is 32.3 Å². The number of rotatable bonds is 3. The SMILES string of the molecule is CCC1(CNC2=NCC(C)N2)COC1. The maximum Gasteiger partial charge on any atom is 0.191 e. The molecule has 0 radical (unpaired) electrons. The lowest BCUT2D eigenvalue weighted by Crippen LogP contribution is -2.52. The summed E-state index contributed by atoms with van der Waals surface area (Å²) in [7, 11) is 0. The summed E-state index contributed by atoms with van der Waals surface area (Å²) in [6.45, 7) is 8.00. The molecule has 0 aromatic rings. The van der Waals surface area contributed by atoms with Gasteiger partial charge >= 0.3 is 0 Å². The number of hydrogen-bond acceptors (Lipinski definition) is 4. The molecule has 2 aliphatic heterocycles. The van der Waals surface area contributed by atoms with Crippen LogP contribution in [-0.2, 0) is 4.74 Å². The molecule has 2 aliphatic rings. The quantitative estimate of drug-likeness (QED) is 0.686. The van der Waals surface area contributed by atoms with Gasteiger partial charge in [0.1, 0.15) is 0 Å². The topological polar surface area (TPSA) is 45.7 Å². The van der Waals surface area contributed by atoms with Crippen molar-refractivity contribution in [2.24, 2.45) is 10.4 Å². The second-order valence-electron chi connectivity index (χ2n) is 4.43. The molecule has 0 spiro atoms. The van der Waals surface area contributed by atoms with E-state index in [4.69, 9.17) is 4.74 Å². The molecule has 2 N–H and O–H groups in total. The molecule has 1 atom stereocenters. The summed E-state index contributed by atoms with van der Waals surface area (Å²) in [5.41, 5.74) is 0.357. The third-order valence-electron chi connectivity index (χ3n) is 3.10. The van der Waals surface area contributed by atoms with E-state index in [1.165, 1.54) is 6.42 Å². The van der Waals surface area contributed by atoms with Gasteiger partial charge in [0.05, 0.1) is 19.8 Å². The van der Waals surface area contributed by atoms with Crippen molar-refractivity contribution in [3.8, 4) is 0 Å². The van der Waals surface area contributed by atoms with E-state index < -0.39 is 0 Å². The minimum absolute atomic E-state index is 0.357. The Bertz CT molecular complexity index is 230. The number of ether oxygens (including phenoxy) is 1. The van der Waals surface area contributed by atoms with E-state index in [1.54, 1.807) is 0 Å². The maximum absolute atomic E-state index is 5.27. The highest BCUT2D eigenvalue weighted by atomic mass is 16.5. The standard InChI is InChI=1S/C10H19N3O/c1-3-10(6-14-7-10)5-12-9-11-4-8(2)13-9/h8H,3-7H2,1-2H3,(H2,11,12,13). The summed E-state index contributed by atoms with van der Waals surface area (Å²) < 4.78 is 5.27. The predicted molar refractivity (Wildman–Crippen MR) is 56.4 cm³/mol. The van der Waals surface area contributed by atoms with Crippen LogP contribution < -0.4 is 10.6 Å². The van der Waals surface area contributed by atoms with Crippen molar-refractivity contribution in [2.75, 3.05) is 26.3 Å². The molecule has 1 saturated heterocycles. The first-order valence-electron chi connectivity index (χ1n) is 5.37. The average molecular weight is 197 g/mol. The zero-order valence-corrected chi connectivity index (χ0v) is 8.97. The Morgan fingerprint density at radius 3 is 2.86 bits per heavy atom. The molecule has 0 aromatic carbocycles. The molecule has 14 heavy (non-hydrogen) atoms. The van der Waals surface area contributed by atoms with Crippen LogP contribution >= 0.6 is 0 Å². The lowest BCUT2D eigenvalue weighted by Gasteiger charge is -2.41. The van der Waals surface area contributed by atoms with Crippen LogP contribution in [0.4, 0.5) is 0 Å². The van der Waals surface area contributed by atoms with Gasteiger partial charge in [-0.2, -0.15) is 0 Å². The Kier molecular flexibility index (Phi) is 2.63. The Hall–Kier alpha value is -0.770. The Balaban J connectivity index is 1.76. The molecular weight excluding hydrogens is 178 g/mol. The summed E-state index contributed by atoms with van der Waals surface area (Å²) in [6.07, 6.45) is 1.17. The molecule has 0 aromatic heterocycles. The zero-order chi connectivity index (χ0) is 10.0. The van der Waals surface area contributed by atoms with Crippen LogP contribution in [0, 0.1) is 5.41 Å². The predicted octanol–water partition coefficient (Wildman–Crippen LogP) is 0.350. The number of aliphatic imine (C=N–C) groups is 1. The minimum atomic E-state index is 0.357. The van der Waals surface area contributed by atoms with Gasteiger partial charge in [-0.3, -0.25) is 4.99 Å². The fraction of sp³-hybridized carbons (Fsp3) is 0.900. The summed E-state index contributed by atoms with van der Waals surface area (Å²) >= 11 is 0. The smallest absolute Gasteiger partial charge is 0.191 e. The molecule has 0 bridgehead atoms. The first-order valence-corrected chi connectivity index (χ1v) is 5.37. The highest BCUT2D eigenvalue weighted by molar-refractivity contribution is 5.81. The number of nitrogens with zero attached hydrogens (tertiary/aromatic N) is 1. The van der Waals surface area contributed by atoms with Crippen LogP contribution in [0.2, 0.25) is 0 Å². The van der Waals surface area contributed by atoms with E-state index in [9.17, 15) is 0 Å². The Morgan fingerprint density at radius 2 is 2.43 bits per heavy atom. The highest BCUT2D eigenvalue weighted by Crippen LogP contribution is 2.30. The second kappa shape index (κ2) is 3.77. The van der Waals surface area contributed by atoms with Crippen LogP contribution in [0.25, 0.3) is 0 Å². The van der Waals surface area contributed by atoms with E-state index >= 15 is 0 Å². The van der Waals surface area contributed by atoms with Crippen molar-refractivity contribution in [3.63, 3.8) is 0 Å². The third kappa shape index (κ3) is 1.85. The summed E-state index contributed by atoms with van der Waals surface area (Å²) in [4.78, 5) is 4.37. The molecule has 4 heteroatoms. The van der Waals surface area contributed by atoms with Crippen molar-refractivity contribution in [3.05, 3.63) is 0 Å². The molecule has 0 amide bonds. The molecule has 0 aliphatic carbocycles. The van der Waals surface area contributed by atoms with Gasteiger partial charge in [-0.05, 0) is 13.3 Å². The van der Waals surface area contributed by atoms with Crippen molar-refractivity contribution >= 4 is 5.96 Å². The monoisotopic (exact) mass is 197 g/mol. The maximum atomic E-state index is 5.27. The van der Waals surface area contributed by atoms with E-state index in [2.05, 4.69) is 29.5 Å². The van der Waals surface area contributed by atoms with Crippen molar-refractivity contribution in [2.45, 2.75) is 26.3 Å². The third-order valence-corrected chi connectivity index (χ3v) is 3.10. The highest BCUT2D eigenvalue weighted by Gasteiger charge is 2.36. The van der Waals surface area contributed by atoms with Crippen LogP contribution in [0.3, 0.4) is 0 Å². The Morgan fingerprint density at radius 1 is 1.64 bits per heavy atom. The molecule has 4 nitrogen and oxygen atoms in total. The van der Waals surface area contributed by atoms with Crippen molar-refractivity contribution < 1.29 is 4.74 Å². The fourth-order valence-corrected chi connectivity index (χ4v) is 1.75. The zero-order valence-electron chi connectivity index (χ0n) is 8.97. The molecule has 1 fully saturated rings. The van der Waals surface area contributed by atoms with Crippen molar-refractivity contribution in [1.82, 2.24) is 10.6 Å². The molecular formula is C10H19N3O. The lowest BCUT2D eigenvalue weighted by molar-refractivity contribution is -0.110. The molecule has 80 valence electrons. The molecule has 0 saturated carbocycles. The van der Waals surface area contributed by atoms with Crippen molar-refractivity contribution in [1.29, 1.82) is 0 Å². The Labute approximate surface area is 85.1 Å². The molecule has 1 unspecified atom stereocenters. The minimum Gasteiger partial charge on any atom is -0.380 e. The molecule has 2 rings (SSSR count). The van der Waals surface area contributed by atoms with Crippen LogP contribution in [-0.4, -0.2) is 38.3 Å². The van der Waals surface area contributed by atoms with Crippen LogP contribution in [0.15, 0.2) is 4.99 Å². The first-order chi connectivity index (χ1) is 6.74. The number of guanidine groups is 1. The van der Waals surface area contributed by atoms with Gasteiger partial charge in [-0.15, -0.1) is 0 Å². The van der Waals surface area contributed by atoms with Gasteiger partial charge in [0.2, 0.25) is 0 Å². The fourth-order valence-electron chi connectivity index (χ4n) is 1.75. The van der Waals surface area contributed by atoms with Crippen LogP contribution in [0.1, 0.15) is 20.3 Å². The van der Waals surface area contributed by atoms with Gasteiger partial charge in [0.25, 0.3) is 0 Å². The molecule has 2 heterocycles. The van der Waals surface area contributed by atoms with E-state index in [-0.39, 0.29) is 0 Å². The van der Waals surface area contributed by atoms with Gasteiger partial charge in [0, 0.05) is 18.0 Å². The van der Waals surface area contributed by atoms with Crippen LogP contribution in [0.5, 0.6) is 0 Å². The number of hydrogen-bond donors (Lipinski definition) is 2. The van der Waals surface area contributed by atoms with Gasteiger partial charge < -0.3 is 15.4 Å². The van der Waals surface area contributed by atoms with Gasteiger partial charge in [-0.1, -0.05) is 6.92 Å². The summed E-state index contributed by atoms with van der Waals surface area (Å²) in [5.74, 6) is 0.956. The van der Waals surface area contributed by atoms with Gasteiger partial charge in [0.15, 0.2) is 5.96 Å². The van der Waals surface area contributed by atoms with E-state index in [1.807, 2.05) is 0 Å².